The lowest BCUT2D eigenvalue weighted by Gasteiger charge is -2.08. The molecular weight excluding hydrogens is 274 g/mol. The van der Waals surface area contributed by atoms with Crippen molar-refractivity contribution < 1.29 is 0 Å². The molecule has 0 spiro atoms. The van der Waals surface area contributed by atoms with Crippen LogP contribution in [0.15, 0.2) is 59.4 Å². The summed E-state index contributed by atoms with van der Waals surface area (Å²) >= 11 is 0. The van der Waals surface area contributed by atoms with Gasteiger partial charge in [0.1, 0.15) is 5.69 Å². The number of aryl methyl sites for hydroxylation is 1. The second kappa shape index (κ2) is 5.56. The maximum Gasteiger partial charge on any atom is 0.295 e. The summed E-state index contributed by atoms with van der Waals surface area (Å²) in [6, 6.07) is 17.6. The molecule has 0 aliphatic carbocycles. The summed E-state index contributed by atoms with van der Waals surface area (Å²) in [5, 5.41) is 3.29. The van der Waals surface area contributed by atoms with Crippen LogP contribution in [0.5, 0.6) is 0 Å². The zero-order valence-corrected chi connectivity index (χ0v) is 13.0. The SMILES string of the molecule is Cc1ccccc1Nc1c(C)n(C)n(-c2ccccc2)c1=O. The van der Waals surface area contributed by atoms with Crippen LogP contribution in [0, 0.1) is 13.8 Å². The van der Waals surface area contributed by atoms with Crippen molar-refractivity contribution in [1.82, 2.24) is 9.36 Å². The van der Waals surface area contributed by atoms with Gasteiger partial charge in [0.05, 0.1) is 11.4 Å². The molecule has 1 aromatic heterocycles. The van der Waals surface area contributed by atoms with Crippen molar-refractivity contribution in [3.63, 3.8) is 0 Å². The molecule has 22 heavy (non-hydrogen) atoms. The average molecular weight is 293 g/mol. The fraction of sp³-hybridized carbons (Fsp3) is 0.167. The first-order chi connectivity index (χ1) is 10.6. The second-order valence-electron chi connectivity index (χ2n) is 5.38. The topological polar surface area (TPSA) is 39.0 Å². The number of benzene rings is 2. The summed E-state index contributed by atoms with van der Waals surface area (Å²) in [5.41, 5.74) is 4.38. The Morgan fingerprint density at radius 3 is 2.23 bits per heavy atom. The van der Waals surface area contributed by atoms with Crippen molar-refractivity contribution in [2.75, 3.05) is 5.32 Å². The number of hydrogen-bond donors (Lipinski definition) is 1. The molecule has 0 saturated heterocycles. The van der Waals surface area contributed by atoms with Crippen LogP contribution in [-0.2, 0) is 7.05 Å². The van der Waals surface area contributed by atoms with Crippen LogP contribution < -0.4 is 10.9 Å². The molecule has 0 unspecified atom stereocenters. The molecule has 1 heterocycles. The Balaban J connectivity index is 2.11. The summed E-state index contributed by atoms with van der Waals surface area (Å²) in [6.07, 6.45) is 0. The van der Waals surface area contributed by atoms with Gasteiger partial charge in [-0.1, -0.05) is 36.4 Å². The minimum Gasteiger partial charge on any atom is -0.349 e. The molecule has 112 valence electrons. The summed E-state index contributed by atoms with van der Waals surface area (Å²) < 4.78 is 3.55. The minimum absolute atomic E-state index is 0.0468. The lowest BCUT2D eigenvalue weighted by Crippen LogP contribution is -2.20. The van der Waals surface area contributed by atoms with E-state index in [1.54, 1.807) is 4.68 Å². The molecule has 0 atom stereocenters. The third-order valence-electron chi connectivity index (χ3n) is 3.96. The Kier molecular flexibility index (Phi) is 3.59. The zero-order valence-electron chi connectivity index (χ0n) is 13.0. The molecule has 0 bridgehead atoms. The van der Waals surface area contributed by atoms with Gasteiger partial charge in [-0.2, -0.15) is 0 Å². The van der Waals surface area contributed by atoms with E-state index in [1.807, 2.05) is 80.2 Å². The Morgan fingerprint density at radius 2 is 1.55 bits per heavy atom. The molecular formula is C18H19N3O. The van der Waals surface area contributed by atoms with Gasteiger partial charge < -0.3 is 5.32 Å². The highest BCUT2D eigenvalue weighted by Crippen LogP contribution is 2.21. The van der Waals surface area contributed by atoms with E-state index in [2.05, 4.69) is 5.32 Å². The molecule has 3 rings (SSSR count). The Hall–Kier alpha value is -2.75. The van der Waals surface area contributed by atoms with Crippen LogP contribution >= 0.6 is 0 Å². The van der Waals surface area contributed by atoms with Crippen LogP contribution in [0.4, 0.5) is 11.4 Å². The monoisotopic (exact) mass is 293 g/mol. The van der Waals surface area contributed by atoms with Crippen LogP contribution in [-0.4, -0.2) is 9.36 Å². The number of para-hydroxylation sites is 2. The van der Waals surface area contributed by atoms with E-state index < -0.39 is 0 Å². The van der Waals surface area contributed by atoms with Gasteiger partial charge in [0, 0.05) is 12.7 Å². The Labute approximate surface area is 129 Å². The molecule has 0 aliphatic rings. The van der Waals surface area contributed by atoms with Gasteiger partial charge in [0.2, 0.25) is 0 Å². The van der Waals surface area contributed by atoms with Crippen LogP contribution in [0.3, 0.4) is 0 Å². The third-order valence-corrected chi connectivity index (χ3v) is 3.96. The van der Waals surface area contributed by atoms with E-state index >= 15 is 0 Å². The van der Waals surface area contributed by atoms with Crippen molar-refractivity contribution in [1.29, 1.82) is 0 Å². The normalized spacial score (nSPS) is 10.7. The largest absolute Gasteiger partial charge is 0.349 e. The first-order valence-electron chi connectivity index (χ1n) is 7.26. The predicted molar refractivity (Wildman–Crippen MR) is 90.2 cm³/mol. The highest BCUT2D eigenvalue weighted by atomic mass is 16.1. The van der Waals surface area contributed by atoms with Crippen molar-refractivity contribution in [2.45, 2.75) is 13.8 Å². The number of aromatic nitrogens is 2. The summed E-state index contributed by atoms with van der Waals surface area (Å²) in [5.74, 6) is 0. The smallest absolute Gasteiger partial charge is 0.295 e. The van der Waals surface area contributed by atoms with Crippen molar-refractivity contribution in [3.05, 3.63) is 76.2 Å². The number of nitrogens with zero attached hydrogens (tertiary/aromatic N) is 2. The number of anilines is 2. The van der Waals surface area contributed by atoms with Gasteiger partial charge >= 0.3 is 0 Å². The lowest BCUT2D eigenvalue weighted by molar-refractivity contribution is 0.630. The van der Waals surface area contributed by atoms with Crippen LogP contribution in [0.2, 0.25) is 0 Å². The molecule has 1 N–H and O–H groups in total. The van der Waals surface area contributed by atoms with Crippen LogP contribution in [0.25, 0.3) is 5.69 Å². The van der Waals surface area contributed by atoms with E-state index in [0.29, 0.717) is 5.69 Å². The standard InChI is InChI=1S/C18H19N3O/c1-13-9-7-8-12-16(13)19-17-14(2)20(3)21(18(17)22)15-10-5-4-6-11-15/h4-12,19H,1-3H3. The first-order valence-corrected chi connectivity index (χ1v) is 7.26. The van der Waals surface area contributed by atoms with E-state index in [4.69, 9.17) is 0 Å². The molecule has 0 radical (unpaired) electrons. The number of rotatable bonds is 3. The van der Waals surface area contributed by atoms with Gasteiger partial charge in [-0.05, 0) is 37.6 Å². The van der Waals surface area contributed by atoms with Gasteiger partial charge in [0.25, 0.3) is 5.56 Å². The van der Waals surface area contributed by atoms with E-state index in [9.17, 15) is 4.79 Å². The van der Waals surface area contributed by atoms with Gasteiger partial charge in [-0.3, -0.25) is 9.48 Å². The molecule has 4 heteroatoms. The maximum atomic E-state index is 12.8. The summed E-state index contributed by atoms with van der Waals surface area (Å²) in [4.78, 5) is 12.8. The fourth-order valence-corrected chi connectivity index (χ4v) is 2.56. The molecule has 4 nitrogen and oxygen atoms in total. The highest BCUT2D eigenvalue weighted by Gasteiger charge is 2.16. The predicted octanol–water partition coefficient (Wildman–Crippen LogP) is 3.54. The number of hydrogen-bond acceptors (Lipinski definition) is 2. The van der Waals surface area contributed by atoms with Gasteiger partial charge in [0.15, 0.2) is 0 Å². The van der Waals surface area contributed by atoms with Gasteiger partial charge in [-0.25, -0.2) is 4.68 Å². The second-order valence-corrected chi connectivity index (χ2v) is 5.38. The first kappa shape index (κ1) is 14.2. The summed E-state index contributed by atoms with van der Waals surface area (Å²) in [6.45, 7) is 3.97. The Bertz CT molecular complexity index is 860. The maximum absolute atomic E-state index is 12.8. The van der Waals surface area contributed by atoms with E-state index in [-0.39, 0.29) is 5.56 Å². The van der Waals surface area contributed by atoms with Crippen LogP contribution in [0.1, 0.15) is 11.3 Å². The molecule has 0 fully saturated rings. The quantitative estimate of drug-likeness (QED) is 0.802. The molecule has 0 amide bonds. The minimum atomic E-state index is -0.0468. The third kappa shape index (κ3) is 2.33. The van der Waals surface area contributed by atoms with Crippen molar-refractivity contribution >= 4 is 11.4 Å². The summed E-state index contributed by atoms with van der Waals surface area (Å²) in [7, 11) is 1.90. The highest BCUT2D eigenvalue weighted by molar-refractivity contribution is 5.64. The zero-order chi connectivity index (χ0) is 15.7. The Morgan fingerprint density at radius 1 is 0.909 bits per heavy atom. The fourth-order valence-electron chi connectivity index (χ4n) is 2.56. The molecule has 3 aromatic rings. The molecule has 2 aromatic carbocycles. The van der Waals surface area contributed by atoms with E-state index in [1.165, 1.54) is 0 Å². The van der Waals surface area contributed by atoms with Gasteiger partial charge in [-0.15, -0.1) is 0 Å². The van der Waals surface area contributed by atoms with E-state index in [0.717, 1.165) is 22.6 Å². The molecule has 0 saturated carbocycles. The van der Waals surface area contributed by atoms with Crippen molar-refractivity contribution in [2.24, 2.45) is 7.05 Å². The molecule has 0 aliphatic heterocycles. The number of nitrogens with one attached hydrogen (secondary N) is 1. The average Bonchev–Trinajstić information content (AvgIpc) is 2.74. The lowest BCUT2D eigenvalue weighted by atomic mass is 10.2. The van der Waals surface area contributed by atoms with Crippen molar-refractivity contribution in [3.8, 4) is 5.69 Å².